The van der Waals surface area contributed by atoms with Crippen molar-refractivity contribution in [2.75, 3.05) is 0 Å². The van der Waals surface area contributed by atoms with Crippen LogP contribution >= 0.6 is 0 Å². The van der Waals surface area contributed by atoms with Crippen LogP contribution in [0.1, 0.15) is 28.9 Å². The molecule has 0 fully saturated rings. The van der Waals surface area contributed by atoms with Gasteiger partial charge in [0.1, 0.15) is 5.82 Å². The monoisotopic (exact) mass is 304 g/mol. The average molecular weight is 304 g/mol. The lowest BCUT2D eigenvalue weighted by Crippen LogP contribution is -2.27. The van der Waals surface area contributed by atoms with Crippen LogP contribution < -0.4 is 5.32 Å². The maximum Gasteiger partial charge on any atom is 0.310 e. The highest BCUT2D eigenvalue weighted by Gasteiger charge is 2.18. The lowest BCUT2D eigenvalue weighted by Gasteiger charge is -2.15. The maximum atomic E-state index is 13.6. The first-order valence-corrected chi connectivity index (χ1v) is 6.43. The number of amides is 1. The summed E-state index contributed by atoms with van der Waals surface area (Å²) in [5.74, 6) is -1.61. The van der Waals surface area contributed by atoms with Crippen molar-refractivity contribution in [3.05, 3.63) is 69.5 Å². The van der Waals surface area contributed by atoms with Gasteiger partial charge in [-0.3, -0.25) is 14.9 Å². The van der Waals surface area contributed by atoms with Gasteiger partial charge in [-0.15, -0.1) is 0 Å². The quantitative estimate of drug-likeness (QED) is 0.671. The number of rotatable bonds is 4. The molecule has 0 aliphatic heterocycles. The van der Waals surface area contributed by atoms with Crippen LogP contribution in [0.5, 0.6) is 5.75 Å². The largest absolute Gasteiger partial charge is 0.502 e. The third-order valence-electron chi connectivity index (χ3n) is 3.15. The zero-order valence-corrected chi connectivity index (χ0v) is 11.6. The zero-order chi connectivity index (χ0) is 16.3. The number of carbonyl (C=O) groups is 1. The summed E-state index contributed by atoms with van der Waals surface area (Å²) in [6.45, 7) is 1.61. The van der Waals surface area contributed by atoms with E-state index in [2.05, 4.69) is 5.32 Å². The van der Waals surface area contributed by atoms with Gasteiger partial charge in [-0.1, -0.05) is 18.2 Å². The molecule has 1 amide bonds. The average Bonchev–Trinajstić information content (AvgIpc) is 2.46. The first-order valence-electron chi connectivity index (χ1n) is 6.43. The van der Waals surface area contributed by atoms with E-state index in [1.807, 2.05) is 0 Å². The van der Waals surface area contributed by atoms with Gasteiger partial charge >= 0.3 is 5.69 Å². The van der Waals surface area contributed by atoms with Gasteiger partial charge < -0.3 is 10.4 Å². The first-order chi connectivity index (χ1) is 10.4. The van der Waals surface area contributed by atoms with Crippen LogP contribution in [0, 0.1) is 15.9 Å². The van der Waals surface area contributed by atoms with Crippen LogP contribution in [0.2, 0.25) is 0 Å². The second-order valence-corrected chi connectivity index (χ2v) is 4.68. The number of carbonyl (C=O) groups excluding carboxylic acids is 1. The summed E-state index contributed by atoms with van der Waals surface area (Å²) in [4.78, 5) is 21.9. The lowest BCUT2D eigenvalue weighted by atomic mass is 10.1. The van der Waals surface area contributed by atoms with Crippen molar-refractivity contribution in [2.45, 2.75) is 13.0 Å². The number of halogens is 1. The van der Waals surface area contributed by atoms with E-state index in [0.717, 1.165) is 12.1 Å². The molecule has 2 aromatic rings. The van der Waals surface area contributed by atoms with E-state index in [0.29, 0.717) is 5.56 Å². The van der Waals surface area contributed by atoms with E-state index in [9.17, 15) is 24.4 Å². The summed E-state index contributed by atoms with van der Waals surface area (Å²) in [5.41, 5.74) is -0.119. The molecule has 2 rings (SSSR count). The Balaban J connectivity index is 2.17. The molecule has 0 aliphatic rings. The molecular formula is C15H13FN2O4. The fourth-order valence-electron chi connectivity index (χ4n) is 2.00. The van der Waals surface area contributed by atoms with Crippen molar-refractivity contribution < 1.29 is 19.2 Å². The maximum absolute atomic E-state index is 13.6. The number of aromatic hydroxyl groups is 1. The van der Waals surface area contributed by atoms with Crippen molar-refractivity contribution in [2.24, 2.45) is 0 Å². The summed E-state index contributed by atoms with van der Waals surface area (Å²) in [6.07, 6.45) is 0. The Labute approximate surface area is 125 Å². The second-order valence-electron chi connectivity index (χ2n) is 4.68. The third-order valence-corrected chi connectivity index (χ3v) is 3.15. The van der Waals surface area contributed by atoms with Gasteiger partial charge in [0.05, 0.1) is 11.0 Å². The summed E-state index contributed by atoms with van der Waals surface area (Å²) in [7, 11) is 0. The molecule has 1 atom stereocenters. The van der Waals surface area contributed by atoms with Gasteiger partial charge in [0.25, 0.3) is 5.91 Å². The Hall–Kier alpha value is -2.96. The molecule has 2 N–H and O–H groups in total. The van der Waals surface area contributed by atoms with Crippen molar-refractivity contribution in [1.29, 1.82) is 0 Å². The van der Waals surface area contributed by atoms with Crippen LogP contribution in [-0.4, -0.2) is 15.9 Å². The normalized spacial score (nSPS) is 11.7. The Kier molecular flexibility index (Phi) is 4.36. The van der Waals surface area contributed by atoms with Crippen LogP contribution in [0.25, 0.3) is 0 Å². The van der Waals surface area contributed by atoms with Crippen molar-refractivity contribution in [3.63, 3.8) is 0 Å². The molecule has 0 aliphatic carbocycles. The van der Waals surface area contributed by atoms with Gasteiger partial charge in [-0.05, 0) is 25.1 Å². The lowest BCUT2D eigenvalue weighted by molar-refractivity contribution is -0.385. The fourth-order valence-corrected chi connectivity index (χ4v) is 2.00. The van der Waals surface area contributed by atoms with Crippen LogP contribution in [0.4, 0.5) is 10.1 Å². The summed E-state index contributed by atoms with van der Waals surface area (Å²) in [6, 6.07) is 8.70. The Bertz CT molecular complexity index is 733. The molecule has 0 spiro atoms. The van der Waals surface area contributed by atoms with E-state index >= 15 is 0 Å². The first kappa shape index (κ1) is 15.4. The number of nitrogens with one attached hydrogen (secondary N) is 1. The fraction of sp³-hybridized carbons (Fsp3) is 0.133. The molecule has 7 heteroatoms. The summed E-state index contributed by atoms with van der Waals surface area (Å²) >= 11 is 0. The molecule has 0 radical (unpaired) electrons. The molecule has 0 heterocycles. The van der Waals surface area contributed by atoms with E-state index in [4.69, 9.17) is 0 Å². The molecule has 6 nitrogen and oxygen atoms in total. The SMILES string of the molecule is CC(NC(=O)c1ccc([N+](=O)[O-])c(O)c1)c1ccccc1F. The second kappa shape index (κ2) is 6.21. The molecule has 0 saturated carbocycles. The number of nitro benzene ring substituents is 1. The zero-order valence-electron chi connectivity index (χ0n) is 11.6. The highest BCUT2D eigenvalue weighted by Crippen LogP contribution is 2.26. The number of benzene rings is 2. The molecule has 2 aromatic carbocycles. The van der Waals surface area contributed by atoms with E-state index in [1.54, 1.807) is 25.1 Å². The van der Waals surface area contributed by atoms with E-state index in [-0.39, 0.29) is 5.56 Å². The van der Waals surface area contributed by atoms with Crippen molar-refractivity contribution in [1.82, 2.24) is 5.32 Å². The molecule has 22 heavy (non-hydrogen) atoms. The highest BCUT2D eigenvalue weighted by atomic mass is 19.1. The van der Waals surface area contributed by atoms with Crippen molar-refractivity contribution in [3.8, 4) is 5.75 Å². The van der Waals surface area contributed by atoms with Crippen LogP contribution in [0.15, 0.2) is 42.5 Å². The number of phenols is 1. The number of phenolic OH excluding ortho intramolecular Hbond substituents is 1. The van der Waals surface area contributed by atoms with Crippen LogP contribution in [0.3, 0.4) is 0 Å². The summed E-state index contributed by atoms with van der Waals surface area (Å²) < 4.78 is 13.6. The minimum absolute atomic E-state index is 0.0475. The van der Waals surface area contributed by atoms with Crippen molar-refractivity contribution >= 4 is 11.6 Å². The standard InChI is InChI=1S/C15H13FN2O4/c1-9(11-4-2-3-5-12(11)16)17-15(20)10-6-7-13(18(21)22)14(19)8-10/h2-9,19H,1H3,(H,17,20). The number of hydrogen-bond donors (Lipinski definition) is 2. The summed E-state index contributed by atoms with van der Waals surface area (Å²) in [5, 5.41) is 22.7. The molecule has 0 bridgehead atoms. The van der Waals surface area contributed by atoms with E-state index < -0.39 is 34.1 Å². The minimum Gasteiger partial charge on any atom is -0.502 e. The highest BCUT2D eigenvalue weighted by molar-refractivity contribution is 5.95. The van der Waals surface area contributed by atoms with Gasteiger partial charge in [0, 0.05) is 17.2 Å². The predicted octanol–water partition coefficient (Wildman–Crippen LogP) is 2.93. The predicted molar refractivity (Wildman–Crippen MR) is 77.0 cm³/mol. The Morgan fingerprint density at radius 3 is 2.59 bits per heavy atom. The van der Waals surface area contributed by atoms with Gasteiger partial charge in [0.2, 0.25) is 0 Å². The third kappa shape index (κ3) is 3.20. The number of hydrogen-bond acceptors (Lipinski definition) is 4. The van der Waals surface area contributed by atoms with Crippen LogP contribution in [-0.2, 0) is 0 Å². The Morgan fingerprint density at radius 2 is 2.00 bits per heavy atom. The topological polar surface area (TPSA) is 92.5 Å². The molecular weight excluding hydrogens is 291 g/mol. The smallest absolute Gasteiger partial charge is 0.310 e. The molecule has 0 aromatic heterocycles. The number of nitro groups is 1. The molecule has 1 unspecified atom stereocenters. The number of nitrogens with zero attached hydrogens (tertiary/aromatic N) is 1. The van der Waals surface area contributed by atoms with E-state index in [1.165, 1.54) is 12.1 Å². The van der Waals surface area contributed by atoms with Gasteiger partial charge in [0.15, 0.2) is 5.75 Å². The van der Waals surface area contributed by atoms with Gasteiger partial charge in [-0.25, -0.2) is 4.39 Å². The molecule has 114 valence electrons. The van der Waals surface area contributed by atoms with Gasteiger partial charge in [-0.2, -0.15) is 0 Å². The molecule has 0 saturated heterocycles. The minimum atomic E-state index is -0.751. The Morgan fingerprint density at radius 1 is 1.32 bits per heavy atom.